The van der Waals surface area contributed by atoms with Crippen molar-refractivity contribution in [3.63, 3.8) is 0 Å². The third kappa shape index (κ3) is 1.80. The monoisotopic (exact) mass is 356 g/mol. The number of halogens is 8. The van der Waals surface area contributed by atoms with Gasteiger partial charge < -0.3 is 0 Å². The van der Waals surface area contributed by atoms with Crippen molar-refractivity contribution in [3.8, 4) is 0 Å². The fourth-order valence-corrected chi connectivity index (χ4v) is 1.75. The molecular weight excluding hydrogens is 355 g/mol. The molecule has 9 heteroatoms. The average molecular weight is 355 g/mol. The van der Waals surface area contributed by atoms with E-state index in [1.807, 2.05) is 0 Å². The molecule has 0 bridgehead atoms. The van der Waals surface area contributed by atoms with Gasteiger partial charge in [-0.2, -0.15) is 0 Å². The zero-order chi connectivity index (χ0) is 12.0. The summed E-state index contributed by atoms with van der Waals surface area (Å²) in [6.07, 6.45) is 0. The van der Waals surface area contributed by atoms with Crippen molar-refractivity contribution in [1.29, 1.82) is 0 Å². The first kappa shape index (κ1) is 13.6. The number of hydrogen-bond acceptors (Lipinski definition) is 0. The van der Waals surface area contributed by atoms with Gasteiger partial charge in [-0.3, -0.25) is 0 Å². The van der Waals surface area contributed by atoms with Crippen LogP contribution in [0.3, 0.4) is 0 Å². The number of rotatable bonds is 1. The van der Waals surface area contributed by atoms with Crippen LogP contribution >= 0.6 is 0 Å². The van der Waals surface area contributed by atoms with Crippen molar-refractivity contribution in [2.24, 2.45) is 0 Å². The van der Waals surface area contributed by atoms with Crippen LogP contribution in [-0.2, 0) is 0 Å². The maximum absolute atomic E-state index is 12.6. The van der Waals surface area contributed by atoms with Gasteiger partial charge in [-0.15, -0.1) is 0 Å². The molecule has 0 N–H and O–H groups in total. The van der Waals surface area contributed by atoms with E-state index < -0.39 is 74.5 Å². The van der Waals surface area contributed by atoms with E-state index >= 15 is 0 Å². The zero-order valence-electron chi connectivity index (χ0n) is 6.38. The molecule has 0 fully saturated rings. The second kappa shape index (κ2) is 4.06. The van der Waals surface area contributed by atoms with E-state index in [2.05, 4.69) is 0 Å². The Kier molecular flexibility index (Phi) is 3.67. The van der Waals surface area contributed by atoms with Crippen molar-refractivity contribution in [1.82, 2.24) is 0 Å². The van der Waals surface area contributed by atoms with Gasteiger partial charge in [0.1, 0.15) is 0 Å². The second-order valence-electron chi connectivity index (χ2n) is 2.46. The van der Waals surface area contributed by atoms with Crippen LogP contribution in [0, 0.1) is 45.1 Å². The molecule has 1 aliphatic carbocycles. The van der Waals surface area contributed by atoms with Gasteiger partial charge in [0.25, 0.3) is 0 Å². The predicted octanol–water partition coefficient (Wildman–Crippen LogP) is 3.57. The number of hydrogen-bond donors (Lipinski definition) is 0. The zero-order valence-corrected chi connectivity index (χ0v) is 8.40. The van der Waals surface area contributed by atoms with Gasteiger partial charge in [0, 0.05) is 0 Å². The molecule has 0 saturated carbocycles. The van der Waals surface area contributed by atoms with Crippen molar-refractivity contribution in [3.05, 3.63) is 17.5 Å². The van der Waals surface area contributed by atoms with Crippen LogP contribution in [0.25, 0.3) is 0 Å². The van der Waals surface area contributed by atoms with Gasteiger partial charge in [0.05, 0.1) is 0 Å². The molecule has 0 aliphatic heterocycles. The van der Waals surface area contributed by atoms with Crippen molar-refractivity contribution >= 4 is 0 Å². The predicted molar refractivity (Wildman–Crippen MR) is 28.4 cm³/mol. The van der Waals surface area contributed by atoms with E-state index in [4.69, 9.17) is 0 Å². The van der Waals surface area contributed by atoms with Crippen LogP contribution in [0.1, 0.15) is 0 Å². The fourth-order valence-electron chi connectivity index (χ4n) is 0.809. The Morgan fingerprint density at radius 2 is 1.27 bits per heavy atom. The van der Waals surface area contributed by atoms with E-state index in [0.717, 1.165) is 0 Å². The van der Waals surface area contributed by atoms with Gasteiger partial charge in [-0.25, -0.2) is 0 Å². The Morgan fingerprint density at radius 1 is 0.800 bits per heavy atom. The van der Waals surface area contributed by atoms with E-state index in [1.54, 1.807) is 0 Å². The minimum atomic E-state index is -5.55. The van der Waals surface area contributed by atoms with Crippen LogP contribution in [-0.4, -0.2) is 11.8 Å². The summed E-state index contributed by atoms with van der Waals surface area (Å²) >= 11 is -3.14. The Balaban J connectivity index is 3.50. The molecule has 88 valence electrons. The third-order valence-corrected chi connectivity index (χ3v) is 3.04. The second-order valence-corrected chi connectivity index (χ2v) is 3.85. The molecule has 1 rings (SSSR count). The first-order valence-corrected chi connectivity index (χ1v) is 4.91. The van der Waals surface area contributed by atoms with Crippen LogP contribution in [0.5, 0.6) is 0 Å². The molecular formula is C6F8Xe. The summed E-state index contributed by atoms with van der Waals surface area (Å²) in [6, 6.07) is 0. The van der Waals surface area contributed by atoms with Crippen LogP contribution in [0.2, 0.25) is 0 Å². The molecule has 15 heavy (non-hydrogen) atoms. The molecule has 0 aromatic heterocycles. The van der Waals surface area contributed by atoms with Gasteiger partial charge in [0.2, 0.25) is 0 Å². The standard InChI is InChI=1S/C6F8Xe/c7-1-2(8)4(15-14)6(12,13)5(10,11)3(1)9. The molecule has 0 radical (unpaired) electrons. The summed E-state index contributed by atoms with van der Waals surface area (Å²) in [6.45, 7) is 0. The molecule has 0 aromatic rings. The molecule has 1 aliphatic rings. The molecule has 0 saturated heterocycles. The molecule has 0 nitrogen and oxygen atoms in total. The summed E-state index contributed by atoms with van der Waals surface area (Å²) in [5.41, 5.74) is 0. The van der Waals surface area contributed by atoms with Crippen molar-refractivity contribution in [2.75, 3.05) is 0 Å². The van der Waals surface area contributed by atoms with Gasteiger partial charge >= 0.3 is 105 Å². The molecule has 0 heterocycles. The van der Waals surface area contributed by atoms with E-state index in [-0.39, 0.29) is 0 Å². The quantitative estimate of drug-likeness (QED) is 0.631. The van der Waals surface area contributed by atoms with Crippen LogP contribution in [0.4, 0.5) is 30.8 Å². The molecule has 0 spiro atoms. The summed E-state index contributed by atoms with van der Waals surface area (Å²) in [5, 5.41) is 0. The minimum absolute atomic E-state index is 2.31. The van der Waals surface area contributed by atoms with Gasteiger partial charge in [0.15, 0.2) is 0 Å². The fraction of sp³-hybridized carbons (Fsp3) is 0.333. The average Bonchev–Trinajstić information content (AvgIpc) is 2.14. The van der Waals surface area contributed by atoms with Crippen molar-refractivity contribution in [2.45, 2.75) is 11.8 Å². The van der Waals surface area contributed by atoms with Gasteiger partial charge in [-0.05, 0) is 0 Å². The summed E-state index contributed by atoms with van der Waals surface area (Å²) < 4.78 is 96.9. The van der Waals surface area contributed by atoms with E-state index in [0.29, 0.717) is 0 Å². The number of allylic oxidation sites excluding steroid dienone is 4. The molecule has 0 amide bonds. The topological polar surface area (TPSA) is 0 Å². The normalized spacial score (nSPS) is 25.1. The van der Waals surface area contributed by atoms with Crippen LogP contribution in [0.15, 0.2) is 17.5 Å². The maximum atomic E-state index is 12.6. The Labute approximate surface area is 104 Å². The summed E-state index contributed by atoms with van der Waals surface area (Å²) in [7, 11) is 0. The van der Waals surface area contributed by atoms with Crippen LogP contribution < -0.4 is 0 Å². The first-order valence-electron chi connectivity index (χ1n) is 3.13. The summed E-state index contributed by atoms with van der Waals surface area (Å²) in [4.78, 5) is 0. The number of alkyl halides is 4. The van der Waals surface area contributed by atoms with Gasteiger partial charge in [-0.1, -0.05) is 0 Å². The summed E-state index contributed by atoms with van der Waals surface area (Å²) in [5.74, 6) is -19.5. The molecule has 0 unspecified atom stereocenters. The van der Waals surface area contributed by atoms with E-state index in [9.17, 15) is 30.8 Å². The Hall–Kier alpha value is 0.491. The molecule has 0 aromatic carbocycles. The van der Waals surface area contributed by atoms with Crippen molar-refractivity contribution < 1.29 is 75.9 Å². The SMILES string of the molecule is F[Xe]C1=C(F)C(F)=C(F)C(F)(F)C1(F)F. The Morgan fingerprint density at radius 3 is 1.67 bits per heavy atom. The van der Waals surface area contributed by atoms with E-state index in [1.165, 1.54) is 0 Å². The third-order valence-electron chi connectivity index (χ3n) is 1.58. The Bertz CT molecular complexity index is 354. The first-order chi connectivity index (χ1) is 6.67. The molecule has 0 atom stereocenters.